The molecule has 4 rings (SSSR count). The van der Waals surface area contributed by atoms with Crippen molar-refractivity contribution in [3.63, 3.8) is 0 Å². The van der Waals surface area contributed by atoms with Gasteiger partial charge in [-0.2, -0.15) is 0 Å². The first-order chi connectivity index (χ1) is 12.3. The monoisotopic (exact) mass is 340 g/mol. The molecule has 1 aromatic carbocycles. The van der Waals surface area contributed by atoms with Gasteiger partial charge in [-0.15, -0.1) is 0 Å². The number of likely N-dealkylation sites (tertiary alicyclic amines) is 1. The third kappa shape index (κ3) is 3.84. The standard InChI is InChI=1S/C20H24N2O3/c1-22-10-4-7-17(22)14-25-19-9-3-8-18(21-19)15-5-2-6-16(13-15)20-23-11-12-24-20/h2-3,5-6,8-9,13,17,20H,4,7,10-12,14H2,1H3/t17-/m0/s1. The minimum absolute atomic E-state index is 0.266. The molecular formula is C20H24N2O3. The van der Waals surface area contributed by atoms with Crippen molar-refractivity contribution in [1.82, 2.24) is 9.88 Å². The molecule has 2 fully saturated rings. The van der Waals surface area contributed by atoms with Gasteiger partial charge in [-0.25, -0.2) is 4.98 Å². The quantitative estimate of drug-likeness (QED) is 0.836. The van der Waals surface area contributed by atoms with Crippen LogP contribution in [0.2, 0.25) is 0 Å². The molecule has 3 heterocycles. The van der Waals surface area contributed by atoms with Gasteiger partial charge >= 0.3 is 0 Å². The Labute approximate surface area is 148 Å². The van der Waals surface area contributed by atoms with Crippen molar-refractivity contribution in [2.75, 3.05) is 33.4 Å². The van der Waals surface area contributed by atoms with Gasteiger partial charge in [0.2, 0.25) is 5.88 Å². The molecule has 5 heteroatoms. The molecule has 0 N–H and O–H groups in total. The largest absolute Gasteiger partial charge is 0.476 e. The summed E-state index contributed by atoms with van der Waals surface area (Å²) >= 11 is 0. The molecule has 0 unspecified atom stereocenters. The number of benzene rings is 1. The predicted molar refractivity (Wildman–Crippen MR) is 95.5 cm³/mol. The normalized spacial score (nSPS) is 21.7. The minimum atomic E-state index is -0.266. The highest BCUT2D eigenvalue weighted by atomic mass is 16.7. The third-order valence-electron chi connectivity index (χ3n) is 4.90. The van der Waals surface area contributed by atoms with Crippen molar-refractivity contribution < 1.29 is 14.2 Å². The smallest absolute Gasteiger partial charge is 0.213 e. The molecule has 1 aromatic heterocycles. The zero-order valence-electron chi connectivity index (χ0n) is 14.6. The zero-order chi connectivity index (χ0) is 17.1. The molecule has 132 valence electrons. The van der Waals surface area contributed by atoms with Gasteiger partial charge in [-0.05, 0) is 38.6 Å². The summed E-state index contributed by atoms with van der Waals surface area (Å²) in [6.45, 7) is 3.13. The molecular weight excluding hydrogens is 316 g/mol. The van der Waals surface area contributed by atoms with Gasteiger partial charge in [0.15, 0.2) is 6.29 Å². The van der Waals surface area contributed by atoms with Crippen molar-refractivity contribution in [3.8, 4) is 17.1 Å². The maximum absolute atomic E-state index is 5.95. The average molecular weight is 340 g/mol. The number of ether oxygens (including phenoxy) is 3. The van der Waals surface area contributed by atoms with E-state index in [1.54, 1.807) is 0 Å². The average Bonchev–Trinajstić information content (AvgIpc) is 3.32. The van der Waals surface area contributed by atoms with Crippen molar-refractivity contribution in [1.29, 1.82) is 0 Å². The second-order valence-electron chi connectivity index (χ2n) is 6.65. The first-order valence-corrected chi connectivity index (χ1v) is 8.93. The van der Waals surface area contributed by atoms with Crippen LogP contribution < -0.4 is 4.74 Å². The van der Waals surface area contributed by atoms with Crippen molar-refractivity contribution in [2.24, 2.45) is 0 Å². The highest BCUT2D eigenvalue weighted by Crippen LogP contribution is 2.28. The highest BCUT2D eigenvalue weighted by Gasteiger charge is 2.21. The van der Waals surface area contributed by atoms with Crippen molar-refractivity contribution in [2.45, 2.75) is 25.2 Å². The van der Waals surface area contributed by atoms with Gasteiger partial charge < -0.3 is 19.1 Å². The Morgan fingerprint density at radius 3 is 2.80 bits per heavy atom. The minimum Gasteiger partial charge on any atom is -0.476 e. The second kappa shape index (κ2) is 7.52. The van der Waals surface area contributed by atoms with E-state index in [2.05, 4.69) is 29.1 Å². The van der Waals surface area contributed by atoms with E-state index in [1.165, 1.54) is 12.8 Å². The SMILES string of the molecule is CN1CCC[C@H]1COc1cccc(-c2cccc(C3OCCO3)c2)n1. The summed E-state index contributed by atoms with van der Waals surface area (Å²) in [4.78, 5) is 7.03. The lowest BCUT2D eigenvalue weighted by atomic mass is 10.1. The van der Waals surface area contributed by atoms with Crippen LogP contribution in [0.15, 0.2) is 42.5 Å². The lowest BCUT2D eigenvalue weighted by molar-refractivity contribution is -0.0440. The Hall–Kier alpha value is -1.95. The van der Waals surface area contributed by atoms with Crippen LogP contribution in [-0.2, 0) is 9.47 Å². The van der Waals surface area contributed by atoms with Gasteiger partial charge in [0.25, 0.3) is 0 Å². The van der Waals surface area contributed by atoms with Crippen LogP contribution in [0.5, 0.6) is 5.88 Å². The van der Waals surface area contributed by atoms with E-state index in [0.717, 1.165) is 23.4 Å². The predicted octanol–water partition coefficient (Wildman–Crippen LogP) is 3.27. The number of likely N-dealkylation sites (N-methyl/N-ethyl adjacent to an activating group) is 1. The molecule has 2 aliphatic heterocycles. The molecule has 2 saturated heterocycles. The van der Waals surface area contributed by atoms with Gasteiger partial charge in [0, 0.05) is 23.2 Å². The number of hydrogen-bond donors (Lipinski definition) is 0. The molecule has 25 heavy (non-hydrogen) atoms. The van der Waals surface area contributed by atoms with Crippen LogP contribution in [0.25, 0.3) is 11.3 Å². The maximum atomic E-state index is 5.95. The topological polar surface area (TPSA) is 43.8 Å². The summed E-state index contributed by atoms with van der Waals surface area (Å²) in [5.74, 6) is 0.677. The van der Waals surface area contributed by atoms with Crippen LogP contribution >= 0.6 is 0 Å². The maximum Gasteiger partial charge on any atom is 0.213 e. The van der Waals surface area contributed by atoms with E-state index in [0.29, 0.717) is 31.7 Å². The number of aromatic nitrogens is 1. The number of nitrogens with zero attached hydrogens (tertiary/aromatic N) is 2. The number of pyridine rings is 1. The Morgan fingerprint density at radius 1 is 1.16 bits per heavy atom. The number of hydrogen-bond acceptors (Lipinski definition) is 5. The molecule has 0 amide bonds. The van der Waals surface area contributed by atoms with Gasteiger partial charge in [-0.1, -0.05) is 24.3 Å². The third-order valence-corrected chi connectivity index (χ3v) is 4.90. The fraction of sp³-hybridized carbons (Fsp3) is 0.450. The molecule has 0 bridgehead atoms. The van der Waals surface area contributed by atoms with E-state index < -0.39 is 0 Å². The Morgan fingerprint density at radius 2 is 2.00 bits per heavy atom. The molecule has 5 nitrogen and oxygen atoms in total. The summed E-state index contributed by atoms with van der Waals surface area (Å²) in [6.07, 6.45) is 2.17. The molecule has 2 aliphatic rings. The van der Waals surface area contributed by atoms with Crippen LogP contribution in [-0.4, -0.2) is 49.3 Å². The molecule has 2 aromatic rings. The fourth-order valence-electron chi connectivity index (χ4n) is 3.42. The molecule has 0 saturated carbocycles. The van der Waals surface area contributed by atoms with E-state index in [-0.39, 0.29) is 6.29 Å². The summed E-state index contributed by atoms with van der Waals surface area (Å²) in [6, 6.07) is 14.6. The van der Waals surface area contributed by atoms with E-state index in [9.17, 15) is 0 Å². The summed E-state index contributed by atoms with van der Waals surface area (Å²) < 4.78 is 17.1. The Bertz CT molecular complexity index is 716. The highest BCUT2D eigenvalue weighted by molar-refractivity contribution is 5.60. The van der Waals surface area contributed by atoms with Crippen molar-refractivity contribution in [3.05, 3.63) is 48.0 Å². The molecule has 1 atom stereocenters. The second-order valence-corrected chi connectivity index (χ2v) is 6.65. The van der Waals surface area contributed by atoms with Gasteiger partial charge in [0.1, 0.15) is 6.61 Å². The Balaban J connectivity index is 1.48. The first-order valence-electron chi connectivity index (χ1n) is 8.93. The lowest BCUT2D eigenvalue weighted by Gasteiger charge is -2.19. The van der Waals surface area contributed by atoms with E-state index in [1.807, 2.05) is 30.3 Å². The molecule has 0 radical (unpaired) electrons. The molecule has 0 aliphatic carbocycles. The summed E-state index contributed by atoms with van der Waals surface area (Å²) in [5, 5.41) is 0. The zero-order valence-corrected chi connectivity index (χ0v) is 14.6. The fourth-order valence-corrected chi connectivity index (χ4v) is 3.42. The summed E-state index contributed by atoms with van der Waals surface area (Å²) in [5.41, 5.74) is 2.97. The van der Waals surface area contributed by atoms with E-state index in [4.69, 9.17) is 14.2 Å². The van der Waals surface area contributed by atoms with Gasteiger partial charge in [0.05, 0.1) is 18.9 Å². The first kappa shape index (κ1) is 16.5. The van der Waals surface area contributed by atoms with E-state index >= 15 is 0 Å². The van der Waals surface area contributed by atoms with Crippen LogP contribution in [0.4, 0.5) is 0 Å². The van der Waals surface area contributed by atoms with Crippen molar-refractivity contribution >= 4 is 0 Å². The van der Waals surface area contributed by atoms with Crippen LogP contribution in [0.3, 0.4) is 0 Å². The lowest BCUT2D eigenvalue weighted by Crippen LogP contribution is -2.30. The molecule has 0 spiro atoms. The van der Waals surface area contributed by atoms with Gasteiger partial charge in [-0.3, -0.25) is 0 Å². The number of rotatable bonds is 5. The van der Waals surface area contributed by atoms with Crippen LogP contribution in [0.1, 0.15) is 24.7 Å². The Kier molecular flexibility index (Phi) is 4.97. The summed E-state index contributed by atoms with van der Waals surface area (Å²) in [7, 11) is 2.16. The van der Waals surface area contributed by atoms with Crippen LogP contribution in [0, 0.1) is 0 Å².